The first-order valence-corrected chi connectivity index (χ1v) is 7.80. The number of nitro benzene ring substituents is 1. The lowest BCUT2D eigenvalue weighted by molar-refractivity contribution is -0.384. The topological polar surface area (TPSA) is 110 Å². The van der Waals surface area contributed by atoms with Crippen molar-refractivity contribution >= 4 is 34.8 Å². The van der Waals surface area contributed by atoms with Gasteiger partial charge < -0.3 is 5.32 Å². The number of urea groups is 1. The third-order valence-corrected chi connectivity index (χ3v) is 3.69. The Morgan fingerprint density at radius 2 is 1.85 bits per heavy atom. The van der Waals surface area contributed by atoms with Gasteiger partial charge in [0.15, 0.2) is 0 Å². The van der Waals surface area contributed by atoms with Crippen molar-refractivity contribution in [3.05, 3.63) is 76.1 Å². The molecule has 26 heavy (non-hydrogen) atoms. The van der Waals surface area contributed by atoms with E-state index >= 15 is 0 Å². The smallest absolute Gasteiger partial charge is 0.307 e. The average Bonchev–Trinajstić information content (AvgIpc) is 2.64. The second-order valence-electron chi connectivity index (χ2n) is 5.15. The highest BCUT2D eigenvalue weighted by atomic mass is 35.5. The van der Waals surface area contributed by atoms with Crippen molar-refractivity contribution in [3.63, 3.8) is 0 Å². The highest BCUT2D eigenvalue weighted by Gasteiger charge is 2.14. The number of nitrogens with zero attached hydrogens (tertiary/aromatic N) is 3. The van der Waals surface area contributed by atoms with E-state index in [1.807, 2.05) is 0 Å². The SMILES string of the molecule is O=C(Nc1ccc(Cl)c([N+](=O)[O-])c1)Nc1cccc(-c2ccncc2)n1. The Balaban J connectivity index is 1.73. The van der Waals surface area contributed by atoms with E-state index in [1.165, 1.54) is 18.2 Å². The fourth-order valence-electron chi connectivity index (χ4n) is 2.20. The first-order valence-electron chi connectivity index (χ1n) is 7.42. The molecule has 0 aliphatic rings. The van der Waals surface area contributed by atoms with Gasteiger partial charge in [0.1, 0.15) is 10.8 Å². The molecule has 0 saturated carbocycles. The third-order valence-electron chi connectivity index (χ3n) is 3.37. The largest absolute Gasteiger partial charge is 0.324 e. The number of hydrogen-bond acceptors (Lipinski definition) is 5. The van der Waals surface area contributed by atoms with E-state index in [9.17, 15) is 14.9 Å². The van der Waals surface area contributed by atoms with Crippen molar-refractivity contribution in [1.29, 1.82) is 0 Å². The van der Waals surface area contributed by atoms with Crippen molar-refractivity contribution in [1.82, 2.24) is 9.97 Å². The average molecular weight is 370 g/mol. The Morgan fingerprint density at radius 3 is 2.58 bits per heavy atom. The van der Waals surface area contributed by atoms with Gasteiger partial charge in [-0.3, -0.25) is 20.4 Å². The van der Waals surface area contributed by atoms with Crippen molar-refractivity contribution in [3.8, 4) is 11.3 Å². The van der Waals surface area contributed by atoms with Crippen molar-refractivity contribution in [2.75, 3.05) is 10.6 Å². The van der Waals surface area contributed by atoms with E-state index in [2.05, 4.69) is 20.6 Å². The van der Waals surface area contributed by atoms with E-state index in [1.54, 1.807) is 42.7 Å². The lowest BCUT2D eigenvalue weighted by atomic mass is 10.2. The van der Waals surface area contributed by atoms with Crippen LogP contribution in [-0.4, -0.2) is 20.9 Å². The molecule has 0 fully saturated rings. The molecule has 3 rings (SSSR count). The van der Waals surface area contributed by atoms with E-state index < -0.39 is 11.0 Å². The molecule has 0 aliphatic carbocycles. The molecule has 0 spiro atoms. The molecule has 1 aromatic carbocycles. The summed E-state index contributed by atoms with van der Waals surface area (Å²) < 4.78 is 0. The lowest BCUT2D eigenvalue weighted by Gasteiger charge is -2.08. The lowest BCUT2D eigenvalue weighted by Crippen LogP contribution is -2.20. The standard InChI is InChI=1S/C17H12ClN5O3/c18-13-5-4-12(10-15(13)23(25)26)20-17(24)22-16-3-1-2-14(21-16)11-6-8-19-9-7-11/h1-10H,(H2,20,21,22,24). The highest BCUT2D eigenvalue weighted by Crippen LogP contribution is 2.27. The summed E-state index contributed by atoms with van der Waals surface area (Å²) in [5, 5.41) is 16.0. The number of nitrogens with one attached hydrogen (secondary N) is 2. The number of halogens is 1. The summed E-state index contributed by atoms with van der Waals surface area (Å²) in [5.41, 5.74) is 1.48. The van der Waals surface area contributed by atoms with Crippen LogP contribution in [0.15, 0.2) is 60.9 Å². The van der Waals surface area contributed by atoms with Crippen LogP contribution in [-0.2, 0) is 0 Å². The van der Waals surface area contributed by atoms with Gasteiger partial charge in [0.05, 0.1) is 10.6 Å². The molecule has 0 bridgehead atoms. The maximum absolute atomic E-state index is 12.1. The number of amides is 2. The van der Waals surface area contributed by atoms with Crippen LogP contribution >= 0.6 is 11.6 Å². The molecule has 3 aromatic rings. The maximum atomic E-state index is 12.1. The third kappa shape index (κ3) is 4.11. The normalized spacial score (nSPS) is 10.2. The monoisotopic (exact) mass is 369 g/mol. The predicted molar refractivity (Wildman–Crippen MR) is 98.2 cm³/mol. The zero-order valence-corrected chi connectivity index (χ0v) is 14.0. The fourth-order valence-corrected chi connectivity index (χ4v) is 2.38. The molecule has 0 radical (unpaired) electrons. The number of rotatable bonds is 4. The summed E-state index contributed by atoms with van der Waals surface area (Å²) in [6.45, 7) is 0. The molecule has 2 heterocycles. The number of carbonyl (C=O) groups excluding carboxylic acids is 1. The van der Waals surface area contributed by atoms with E-state index in [4.69, 9.17) is 11.6 Å². The van der Waals surface area contributed by atoms with E-state index in [0.29, 0.717) is 11.5 Å². The molecular formula is C17H12ClN5O3. The number of nitro groups is 1. The first-order chi connectivity index (χ1) is 12.5. The van der Waals surface area contributed by atoms with Gasteiger partial charge >= 0.3 is 6.03 Å². The van der Waals surface area contributed by atoms with Gasteiger partial charge in [-0.1, -0.05) is 17.7 Å². The minimum absolute atomic E-state index is 0.00678. The zero-order chi connectivity index (χ0) is 18.5. The molecule has 9 heteroatoms. The van der Waals surface area contributed by atoms with Crippen molar-refractivity contribution < 1.29 is 9.72 Å². The molecule has 2 N–H and O–H groups in total. The van der Waals surface area contributed by atoms with Crippen LogP contribution in [0, 0.1) is 10.1 Å². The summed E-state index contributed by atoms with van der Waals surface area (Å²) in [6, 6.07) is 12.2. The molecule has 2 amide bonds. The summed E-state index contributed by atoms with van der Waals surface area (Å²) in [6.07, 6.45) is 3.30. The number of aromatic nitrogens is 2. The predicted octanol–water partition coefficient (Wildman–Crippen LogP) is 4.35. The number of carbonyl (C=O) groups is 1. The van der Waals surface area contributed by atoms with Gasteiger partial charge in [-0.05, 0) is 36.4 Å². The number of anilines is 2. The first kappa shape index (κ1) is 17.3. The van der Waals surface area contributed by atoms with Crippen LogP contribution in [0.3, 0.4) is 0 Å². The minimum atomic E-state index is -0.620. The molecule has 130 valence electrons. The second kappa shape index (κ2) is 7.58. The summed E-state index contributed by atoms with van der Waals surface area (Å²) in [7, 11) is 0. The molecule has 0 unspecified atom stereocenters. The molecular weight excluding hydrogens is 358 g/mol. The van der Waals surface area contributed by atoms with Crippen LogP contribution < -0.4 is 10.6 Å². The molecule has 8 nitrogen and oxygen atoms in total. The van der Waals surface area contributed by atoms with Crippen LogP contribution in [0.1, 0.15) is 0 Å². The molecule has 0 aliphatic heterocycles. The Labute approximate surface area is 153 Å². The Kier molecular flexibility index (Phi) is 5.04. The van der Waals surface area contributed by atoms with Crippen LogP contribution in [0.25, 0.3) is 11.3 Å². The van der Waals surface area contributed by atoms with E-state index in [0.717, 1.165) is 5.56 Å². The molecule has 0 saturated heterocycles. The van der Waals surface area contributed by atoms with Crippen molar-refractivity contribution in [2.24, 2.45) is 0 Å². The zero-order valence-electron chi connectivity index (χ0n) is 13.2. The quantitative estimate of drug-likeness (QED) is 0.524. The second-order valence-corrected chi connectivity index (χ2v) is 5.55. The number of hydrogen-bond donors (Lipinski definition) is 2. The van der Waals surface area contributed by atoms with Gasteiger partial charge in [0.25, 0.3) is 5.69 Å². The maximum Gasteiger partial charge on any atom is 0.324 e. The summed E-state index contributed by atoms with van der Waals surface area (Å²) >= 11 is 5.75. The van der Waals surface area contributed by atoms with Crippen LogP contribution in [0.5, 0.6) is 0 Å². The Bertz CT molecular complexity index is 966. The van der Waals surface area contributed by atoms with E-state index in [-0.39, 0.29) is 16.4 Å². The Morgan fingerprint density at radius 1 is 1.08 bits per heavy atom. The van der Waals surface area contributed by atoms with Gasteiger partial charge in [-0.15, -0.1) is 0 Å². The van der Waals surface area contributed by atoms with Crippen LogP contribution in [0.4, 0.5) is 22.0 Å². The van der Waals surface area contributed by atoms with Crippen molar-refractivity contribution in [2.45, 2.75) is 0 Å². The minimum Gasteiger partial charge on any atom is -0.307 e. The summed E-state index contributed by atoms with van der Waals surface area (Å²) in [5.74, 6) is 0.334. The van der Waals surface area contributed by atoms with Crippen LogP contribution in [0.2, 0.25) is 5.02 Å². The van der Waals surface area contributed by atoms with Gasteiger partial charge in [-0.25, -0.2) is 9.78 Å². The summed E-state index contributed by atoms with van der Waals surface area (Å²) in [4.78, 5) is 30.7. The molecule has 0 atom stereocenters. The fraction of sp³-hybridized carbons (Fsp3) is 0. The van der Waals surface area contributed by atoms with Gasteiger partial charge in [-0.2, -0.15) is 0 Å². The highest BCUT2D eigenvalue weighted by molar-refractivity contribution is 6.32. The number of benzene rings is 1. The number of pyridine rings is 2. The van der Waals surface area contributed by atoms with Gasteiger partial charge in [0, 0.05) is 29.7 Å². The van der Waals surface area contributed by atoms with Gasteiger partial charge in [0.2, 0.25) is 0 Å². The Hall–Kier alpha value is -3.52. The molecule has 2 aromatic heterocycles.